The van der Waals surface area contributed by atoms with E-state index in [2.05, 4.69) is 63.8 Å². The van der Waals surface area contributed by atoms with E-state index in [1.165, 1.54) is 10.7 Å². The number of ether oxygens (including phenoxy) is 1. The number of hydrogen-bond donors (Lipinski definition) is 3. The van der Waals surface area contributed by atoms with Crippen molar-refractivity contribution in [2.24, 2.45) is 7.05 Å². The summed E-state index contributed by atoms with van der Waals surface area (Å²) in [6.45, 7) is 12.4. The SMILES string of the molecule is CC(C)Oc1c(F)cc(-c2cnc(N)nc2NC2CC(C)(C)NC(C)(C)C2)cc1-c1nnnn1C. The third kappa shape index (κ3) is 5.50. The average Bonchev–Trinajstić information content (AvgIpc) is 3.12. The highest BCUT2D eigenvalue weighted by atomic mass is 19.1. The molecule has 35 heavy (non-hydrogen) atoms. The summed E-state index contributed by atoms with van der Waals surface area (Å²) in [7, 11) is 1.69. The number of anilines is 2. The molecular formula is C24H34FN9O. The van der Waals surface area contributed by atoms with E-state index in [4.69, 9.17) is 10.5 Å². The van der Waals surface area contributed by atoms with E-state index in [1.807, 2.05) is 13.8 Å². The highest BCUT2D eigenvalue weighted by molar-refractivity contribution is 5.80. The minimum Gasteiger partial charge on any atom is -0.487 e. The number of hydrogen-bond acceptors (Lipinski definition) is 9. The zero-order valence-electron chi connectivity index (χ0n) is 21.3. The number of piperidine rings is 1. The van der Waals surface area contributed by atoms with Crippen LogP contribution >= 0.6 is 0 Å². The lowest BCUT2D eigenvalue weighted by atomic mass is 9.79. The van der Waals surface area contributed by atoms with Crippen LogP contribution in [0.5, 0.6) is 5.75 Å². The summed E-state index contributed by atoms with van der Waals surface area (Å²) in [6.07, 6.45) is 3.13. The van der Waals surface area contributed by atoms with Crippen molar-refractivity contribution in [2.45, 2.75) is 77.6 Å². The first-order valence-corrected chi connectivity index (χ1v) is 11.8. The highest BCUT2D eigenvalue weighted by Crippen LogP contribution is 2.39. The molecule has 4 N–H and O–H groups in total. The van der Waals surface area contributed by atoms with Gasteiger partial charge >= 0.3 is 0 Å². The quantitative estimate of drug-likeness (QED) is 0.482. The molecule has 0 amide bonds. The summed E-state index contributed by atoms with van der Waals surface area (Å²) in [4.78, 5) is 8.68. The molecule has 1 aliphatic rings. The summed E-state index contributed by atoms with van der Waals surface area (Å²) in [5, 5.41) is 18.9. The summed E-state index contributed by atoms with van der Waals surface area (Å²) >= 11 is 0. The molecule has 3 heterocycles. The van der Waals surface area contributed by atoms with Gasteiger partial charge in [0.1, 0.15) is 5.82 Å². The molecule has 1 saturated heterocycles. The van der Waals surface area contributed by atoms with Crippen LogP contribution in [-0.2, 0) is 7.05 Å². The number of nitrogens with zero attached hydrogens (tertiary/aromatic N) is 6. The molecule has 1 aliphatic heterocycles. The van der Waals surface area contributed by atoms with Crippen LogP contribution in [0.2, 0.25) is 0 Å². The lowest BCUT2D eigenvalue weighted by molar-refractivity contribution is 0.170. The van der Waals surface area contributed by atoms with Crippen LogP contribution < -0.4 is 21.1 Å². The van der Waals surface area contributed by atoms with Gasteiger partial charge in [-0.3, -0.25) is 0 Å². The maximum Gasteiger partial charge on any atom is 0.221 e. The topological polar surface area (TPSA) is 129 Å². The van der Waals surface area contributed by atoms with Gasteiger partial charge in [0, 0.05) is 35.9 Å². The lowest BCUT2D eigenvalue weighted by Crippen LogP contribution is -2.60. The molecule has 0 atom stereocenters. The fraction of sp³-hybridized carbons (Fsp3) is 0.542. The molecule has 3 aromatic rings. The molecule has 4 rings (SSSR count). The van der Waals surface area contributed by atoms with Gasteiger partial charge in [0.15, 0.2) is 17.4 Å². The number of nitrogens with two attached hydrogens (primary N) is 1. The smallest absolute Gasteiger partial charge is 0.221 e. The number of benzene rings is 1. The predicted molar refractivity (Wildman–Crippen MR) is 133 cm³/mol. The summed E-state index contributed by atoms with van der Waals surface area (Å²) in [5.74, 6) is 0.640. The Labute approximate surface area is 204 Å². The van der Waals surface area contributed by atoms with E-state index in [-0.39, 0.29) is 34.9 Å². The summed E-state index contributed by atoms with van der Waals surface area (Å²) < 4.78 is 22.7. The van der Waals surface area contributed by atoms with Crippen molar-refractivity contribution < 1.29 is 9.13 Å². The number of nitrogen functional groups attached to an aromatic ring is 1. The Morgan fingerprint density at radius 1 is 1.17 bits per heavy atom. The number of halogens is 1. The van der Waals surface area contributed by atoms with Crippen molar-refractivity contribution in [3.05, 3.63) is 24.1 Å². The van der Waals surface area contributed by atoms with Gasteiger partial charge in [-0.05, 0) is 82.5 Å². The van der Waals surface area contributed by atoms with Crippen molar-refractivity contribution in [1.82, 2.24) is 35.5 Å². The van der Waals surface area contributed by atoms with Crippen LogP contribution in [0.3, 0.4) is 0 Å². The third-order valence-electron chi connectivity index (χ3n) is 5.91. The maximum atomic E-state index is 15.5. The van der Waals surface area contributed by atoms with Gasteiger partial charge in [0.05, 0.1) is 11.7 Å². The van der Waals surface area contributed by atoms with Gasteiger partial charge in [0.2, 0.25) is 5.95 Å². The first kappa shape index (κ1) is 24.8. The molecule has 0 spiro atoms. The average molecular weight is 484 g/mol. The summed E-state index contributed by atoms with van der Waals surface area (Å²) in [5.41, 5.74) is 7.45. The molecule has 188 valence electrons. The Bertz CT molecular complexity index is 1210. The Balaban J connectivity index is 1.80. The van der Waals surface area contributed by atoms with Crippen LogP contribution in [0.15, 0.2) is 18.3 Å². The molecule has 0 radical (unpaired) electrons. The molecule has 0 saturated carbocycles. The minimum absolute atomic E-state index is 0.0640. The molecule has 0 bridgehead atoms. The molecule has 2 aromatic heterocycles. The molecule has 1 aromatic carbocycles. The van der Waals surface area contributed by atoms with E-state index < -0.39 is 5.82 Å². The molecule has 11 heteroatoms. The highest BCUT2D eigenvalue weighted by Gasteiger charge is 2.38. The van der Waals surface area contributed by atoms with Crippen molar-refractivity contribution in [2.75, 3.05) is 11.1 Å². The van der Waals surface area contributed by atoms with Gasteiger partial charge in [-0.25, -0.2) is 14.1 Å². The predicted octanol–water partition coefficient (Wildman–Crippen LogP) is 3.56. The minimum atomic E-state index is -0.527. The van der Waals surface area contributed by atoms with E-state index >= 15 is 4.39 Å². The van der Waals surface area contributed by atoms with Crippen molar-refractivity contribution in [3.8, 4) is 28.3 Å². The Morgan fingerprint density at radius 3 is 2.46 bits per heavy atom. The largest absolute Gasteiger partial charge is 0.487 e. The van der Waals surface area contributed by atoms with E-state index in [0.717, 1.165) is 12.8 Å². The van der Waals surface area contributed by atoms with Gasteiger partial charge < -0.3 is 21.1 Å². The molecule has 1 fully saturated rings. The first-order chi connectivity index (χ1) is 16.3. The third-order valence-corrected chi connectivity index (χ3v) is 5.91. The summed E-state index contributed by atoms with van der Waals surface area (Å²) in [6, 6.07) is 3.34. The second kappa shape index (κ2) is 9.03. The molecule has 0 aliphatic carbocycles. The number of tetrazole rings is 1. The zero-order chi connectivity index (χ0) is 25.5. The van der Waals surface area contributed by atoms with E-state index in [9.17, 15) is 0 Å². The fourth-order valence-corrected chi connectivity index (χ4v) is 5.06. The van der Waals surface area contributed by atoms with Crippen LogP contribution in [-0.4, -0.2) is 53.4 Å². The zero-order valence-corrected chi connectivity index (χ0v) is 21.3. The Kier molecular flexibility index (Phi) is 6.39. The number of aryl methyl sites for hydroxylation is 1. The first-order valence-electron chi connectivity index (χ1n) is 11.8. The monoisotopic (exact) mass is 483 g/mol. The van der Waals surface area contributed by atoms with Gasteiger partial charge in [0.25, 0.3) is 0 Å². The van der Waals surface area contributed by atoms with Crippen LogP contribution in [0.1, 0.15) is 54.4 Å². The van der Waals surface area contributed by atoms with Crippen LogP contribution in [0.4, 0.5) is 16.2 Å². The second-order valence-electron chi connectivity index (χ2n) is 10.8. The van der Waals surface area contributed by atoms with Crippen molar-refractivity contribution >= 4 is 11.8 Å². The number of rotatable bonds is 6. The van der Waals surface area contributed by atoms with E-state index in [0.29, 0.717) is 28.3 Å². The molecule has 0 unspecified atom stereocenters. The van der Waals surface area contributed by atoms with Gasteiger partial charge in [-0.1, -0.05) is 0 Å². The van der Waals surface area contributed by atoms with Crippen LogP contribution in [0.25, 0.3) is 22.5 Å². The van der Waals surface area contributed by atoms with Gasteiger partial charge in [-0.2, -0.15) is 4.98 Å². The number of nitrogens with one attached hydrogen (secondary N) is 2. The Morgan fingerprint density at radius 2 is 1.86 bits per heavy atom. The maximum absolute atomic E-state index is 15.5. The standard InChI is InChI=1S/C24H34FN9O/c1-13(2)35-19-16(21-30-32-33-34(21)7)8-14(9-18(19)25)17-12-27-22(26)29-20(17)28-15-10-23(3,4)31-24(5,6)11-15/h8-9,12-13,15,31H,10-11H2,1-7H3,(H3,26,27,28,29). The second-order valence-corrected chi connectivity index (χ2v) is 10.8. The van der Waals surface area contributed by atoms with E-state index in [1.54, 1.807) is 19.3 Å². The van der Waals surface area contributed by atoms with Crippen LogP contribution in [0, 0.1) is 5.82 Å². The molecular weight excluding hydrogens is 449 g/mol. The lowest BCUT2D eigenvalue weighted by Gasteiger charge is -2.46. The molecule has 10 nitrogen and oxygen atoms in total. The fourth-order valence-electron chi connectivity index (χ4n) is 5.06. The Hall–Kier alpha value is -3.34. The van der Waals surface area contributed by atoms with Crippen molar-refractivity contribution in [3.63, 3.8) is 0 Å². The normalized spacial score (nSPS) is 17.5. The number of aromatic nitrogens is 6. The van der Waals surface area contributed by atoms with Crippen molar-refractivity contribution in [1.29, 1.82) is 0 Å². The van der Waals surface area contributed by atoms with Gasteiger partial charge in [-0.15, -0.1) is 5.10 Å².